The van der Waals surface area contributed by atoms with Crippen molar-refractivity contribution in [1.82, 2.24) is 0 Å². The van der Waals surface area contributed by atoms with E-state index in [1.807, 2.05) is 39.0 Å². The summed E-state index contributed by atoms with van der Waals surface area (Å²) in [6.45, 7) is 12.2. The molecular weight excluding hydrogens is 236 g/mol. The summed E-state index contributed by atoms with van der Waals surface area (Å²) in [5, 5.41) is 10.0. The lowest BCUT2D eigenvalue weighted by atomic mass is 9.71. The number of para-hydroxylation sites is 1. The molecule has 0 saturated carbocycles. The van der Waals surface area contributed by atoms with E-state index >= 15 is 0 Å². The Morgan fingerprint density at radius 3 is 2.05 bits per heavy atom. The Labute approximate surface area is 116 Å². The Hall–Kier alpha value is -1.31. The number of Topliss-reactive ketones (excluding diaryl/α,β-unsaturated/α-hetero) is 1. The van der Waals surface area contributed by atoms with Crippen LogP contribution in [0.15, 0.2) is 24.3 Å². The van der Waals surface area contributed by atoms with Crippen molar-refractivity contribution in [3.8, 4) is 5.75 Å². The average molecular weight is 262 g/mol. The van der Waals surface area contributed by atoms with Gasteiger partial charge in [0.2, 0.25) is 0 Å². The fourth-order valence-corrected chi connectivity index (χ4v) is 2.16. The van der Waals surface area contributed by atoms with Crippen molar-refractivity contribution in [2.75, 3.05) is 0 Å². The van der Waals surface area contributed by atoms with Crippen LogP contribution in [0.1, 0.15) is 59.4 Å². The SMILES string of the molecule is CC(C)(C)C(=O)CC(c1ccccc1O)C(C)(C)C. The van der Waals surface area contributed by atoms with Crippen LogP contribution in [-0.4, -0.2) is 10.9 Å². The van der Waals surface area contributed by atoms with Crippen molar-refractivity contribution in [1.29, 1.82) is 0 Å². The van der Waals surface area contributed by atoms with Gasteiger partial charge in [-0.05, 0) is 23.0 Å². The van der Waals surface area contributed by atoms with Crippen molar-refractivity contribution < 1.29 is 9.90 Å². The van der Waals surface area contributed by atoms with Gasteiger partial charge >= 0.3 is 0 Å². The maximum Gasteiger partial charge on any atom is 0.138 e. The Bertz CT molecular complexity index is 447. The second kappa shape index (κ2) is 5.36. The van der Waals surface area contributed by atoms with Gasteiger partial charge in [0, 0.05) is 11.8 Å². The van der Waals surface area contributed by atoms with Crippen molar-refractivity contribution in [3.63, 3.8) is 0 Å². The average Bonchev–Trinajstić information content (AvgIpc) is 2.24. The Kier molecular flexibility index (Phi) is 4.44. The first-order valence-electron chi connectivity index (χ1n) is 6.84. The lowest BCUT2D eigenvalue weighted by Crippen LogP contribution is -2.27. The van der Waals surface area contributed by atoms with Crippen LogP contribution in [0.2, 0.25) is 0 Å². The maximum absolute atomic E-state index is 12.3. The van der Waals surface area contributed by atoms with Gasteiger partial charge in [0.05, 0.1) is 0 Å². The quantitative estimate of drug-likeness (QED) is 0.869. The van der Waals surface area contributed by atoms with Gasteiger partial charge in [-0.15, -0.1) is 0 Å². The van der Waals surface area contributed by atoms with E-state index in [1.165, 1.54) is 0 Å². The number of carbonyl (C=O) groups is 1. The first kappa shape index (κ1) is 15.7. The molecule has 0 heterocycles. The van der Waals surface area contributed by atoms with E-state index in [-0.39, 0.29) is 28.3 Å². The van der Waals surface area contributed by atoms with Gasteiger partial charge in [-0.2, -0.15) is 0 Å². The summed E-state index contributed by atoms with van der Waals surface area (Å²) in [6.07, 6.45) is 0.463. The summed E-state index contributed by atoms with van der Waals surface area (Å²) in [6, 6.07) is 7.33. The molecule has 106 valence electrons. The molecular formula is C17H26O2. The number of carbonyl (C=O) groups excluding carboxylic acids is 1. The number of phenolic OH excluding ortho intramolecular Hbond substituents is 1. The van der Waals surface area contributed by atoms with Crippen LogP contribution in [-0.2, 0) is 4.79 Å². The first-order valence-corrected chi connectivity index (χ1v) is 6.84. The summed E-state index contributed by atoms with van der Waals surface area (Å²) < 4.78 is 0. The third kappa shape index (κ3) is 4.09. The summed E-state index contributed by atoms with van der Waals surface area (Å²) in [4.78, 5) is 12.3. The monoisotopic (exact) mass is 262 g/mol. The molecule has 0 bridgehead atoms. The molecule has 1 aromatic carbocycles. The van der Waals surface area contributed by atoms with E-state index in [0.717, 1.165) is 5.56 Å². The second-order valence-corrected chi connectivity index (χ2v) is 7.35. The Morgan fingerprint density at radius 2 is 1.63 bits per heavy atom. The molecule has 0 amide bonds. The van der Waals surface area contributed by atoms with Gasteiger partial charge in [0.25, 0.3) is 0 Å². The summed E-state index contributed by atoms with van der Waals surface area (Å²) in [5.41, 5.74) is 0.459. The lowest BCUT2D eigenvalue weighted by molar-refractivity contribution is -0.127. The van der Waals surface area contributed by atoms with Crippen LogP contribution in [0.4, 0.5) is 0 Å². The molecule has 1 atom stereocenters. The van der Waals surface area contributed by atoms with Gasteiger partial charge in [0.15, 0.2) is 0 Å². The van der Waals surface area contributed by atoms with E-state index in [0.29, 0.717) is 6.42 Å². The Balaban J connectivity index is 3.12. The highest BCUT2D eigenvalue weighted by molar-refractivity contribution is 5.84. The summed E-state index contributed by atoms with van der Waals surface area (Å²) in [5.74, 6) is 0.542. The van der Waals surface area contributed by atoms with Crippen LogP contribution in [0.25, 0.3) is 0 Å². The van der Waals surface area contributed by atoms with Gasteiger partial charge in [-0.25, -0.2) is 0 Å². The standard InChI is InChI=1S/C17H26O2/c1-16(2,3)13(11-15(19)17(4,5)6)12-9-7-8-10-14(12)18/h7-10,13,18H,11H2,1-6H3. The van der Waals surface area contributed by atoms with Crippen molar-refractivity contribution in [3.05, 3.63) is 29.8 Å². The number of hydrogen-bond acceptors (Lipinski definition) is 2. The fraction of sp³-hybridized carbons (Fsp3) is 0.588. The highest BCUT2D eigenvalue weighted by Gasteiger charge is 2.33. The van der Waals surface area contributed by atoms with Crippen LogP contribution in [0.3, 0.4) is 0 Å². The molecule has 0 aliphatic carbocycles. The summed E-state index contributed by atoms with van der Waals surface area (Å²) >= 11 is 0. The predicted octanol–water partition coefficient (Wildman–Crippen LogP) is 4.53. The highest BCUT2D eigenvalue weighted by atomic mass is 16.3. The predicted molar refractivity (Wildman–Crippen MR) is 79.4 cm³/mol. The van der Waals surface area contributed by atoms with Gasteiger partial charge in [-0.3, -0.25) is 4.79 Å². The van der Waals surface area contributed by atoms with Crippen LogP contribution in [0.5, 0.6) is 5.75 Å². The van der Waals surface area contributed by atoms with E-state index < -0.39 is 0 Å². The number of aromatic hydroxyl groups is 1. The number of ketones is 1. The number of benzene rings is 1. The fourth-order valence-electron chi connectivity index (χ4n) is 2.16. The molecule has 1 rings (SSSR count). The second-order valence-electron chi connectivity index (χ2n) is 7.35. The normalized spacial score (nSPS) is 14.2. The molecule has 0 radical (unpaired) electrons. The molecule has 2 nitrogen and oxygen atoms in total. The molecule has 0 aliphatic heterocycles. The van der Waals surface area contributed by atoms with E-state index in [9.17, 15) is 9.90 Å². The van der Waals surface area contributed by atoms with E-state index in [4.69, 9.17) is 0 Å². The molecule has 2 heteroatoms. The molecule has 19 heavy (non-hydrogen) atoms. The topological polar surface area (TPSA) is 37.3 Å². The van der Waals surface area contributed by atoms with Crippen molar-refractivity contribution in [2.45, 2.75) is 53.9 Å². The number of rotatable bonds is 3. The largest absolute Gasteiger partial charge is 0.508 e. The molecule has 0 fully saturated rings. The van der Waals surface area contributed by atoms with Crippen LogP contribution >= 0.6 is 0 Å². The molecule has 0 saturated heterocycles. The zero-order valence-electron chi connectivity index (χ0n) is 12.9. The van der Waals surface area contributed by atoms with Gasteiger partial charge in [-0.1, -0.05) is 59.7 Å². The highest BCUT2D eigenvalue weighted by Crippen LogP contribution is 2.42. The Morgan fingerprint density at radius 1 is 1.11 bits per heavy atom. The lowest BCUT2D eigenvalue weighted by Gasteiger charge is -2.33. The van der Waals surface area contributed by atoms with Crippen LogP contribution < -0.4 is 0 Å². The summed E-state index contributed by atoms with van der Waals surface area (Å²) in [7, 11) is 0. The smallest absolute Gasteiger partial charge is 0.138 e. The third-order valence-electron chi connectivity index (χ3n) is 3.58. The van der Waals surface area contributed by atoms with E-state index in [1.54, 1.807) is 6.07 Å². The zero-order chi connectivity index (χ0) is 14.8. The molecule has 0 aromatic heterocycles. The molecule has 1 unspecified atom stereocenters. The minimum absolute atomic E-state index is 0.0282. The molecule has 1 aromatic rings. The maximum atomic E-state index is 12.3. The number of hydrogen-bond donors (Lipinski definition) is 1. The minimum atomic E-state index is -0.339. The van der Waals surface area contributed by atoms with Gasteiger partial charge in [0.1, 0.15) is 11.5 Å². The number of phenols is 1. The van der Waals surface area contributed by atoms with Gasteiger partial charge < -0.3 is 5.11 Å². The van der Waals surface area contributed by atoms with Crippen molar-refractivity contribution in [2.24, 2.45) is 10.8 Å². The van der Waals surface area contributed by atoms with E-state index in [2.05, 4.69) is 20.8 Å². The molecule has 0 aliphatic rings. The molecule has 1 N–H and O–H groups in total. The molecule has 0 spiro atoms. The first-order chi connectivity index (χ1) is 8.53. The zero-order valence-corrected chi connectivity index (χ0v) is 12.9. The van der Waals surface area contributed by atoms with Crippen molar-refractivity contribution >= 4 is 5.78 Å². The third-order valence-corrected chi connectivity index (χ3v) is 3.58. The minimum Gasteiger partial charge on any atom is -0.508 e. The van der Waals surface area contributed by atoms with Crippen LogP contribution in [0, 0.1) is 10.8 Å².